The van der Waals surface area contributed by atoms with Crippen LogP contribution in [0.25, 0.3) is 0 Å². The van der Waals surface area contributed by atoms with Gasteiger partial charge in [-0.1, -0.05) is 25.4 Å². The second kappa shape index (κ2) is 3.75. The van der Waals surface area contributed by atoms with Gasteiger partial charge in [-0.15, -0.1) is 0 Å². The van der Waals surface area contributed by atoms with E-state index in [9.17, 15) is 4.39 Å². The molecule has 0 amide bonds. The van der Waals surface area contributed by atoms with Crippen LogP contribution in [0.1, 0.15) is 25.3 Å². The fourth-order valence-electron chi connectivity index (χ4n) is 0.908. The minimum absolute atomic E-state index is 0.152. The van der Waals surface area contributed by atoms with Gasteiger partial charge in [-0.3, -0.25) is 0 Å². The van der Waals surface area contributed by atoms with Crippen LogP contribution in [0.3, 0.4) is 0 Å². The lowest BCUT2D eigenvalue weighted by atomic mass is 10.0. The Hall–Kier alpha value is -0.0800. The van der Waals surface area contributed by atoms with Crippen LogP contribution in [0.15, 0.2) is 16.6 Å². The van der Waals surface area contributed by atoms with E-state index in [1.165, 1.54) is 6.07 Å². The Morgan fingerprint density at radius 2 is 2.00 bits per heavy atom. The van der Waals surface area contributed by atoms with E-state index >= 15 is 0 Å². The van der Waals surface area contributed by atoms with Gasteiger partial charge in [0.05, 0.1) is 5.02 Å². The van der Waals surface area contributed by atoms with Gasteiger partial charge in [0.1, 0.15) is 5.82 Å². The zero-order chi connectivity index (χ0) is 9.30. The average Bonchev–Trinajstić information content (AvgIpc) is 1.99. The molecule has 0 atom stereocenters. The third kappa shape index (κ3) is 1.99. The molecule has 12 heavy (non-hydrogen) atoms. The minimum Gasteiger partial charge on any atom is -0.205 e. The molecule has 0 aliphatic rings. The van der Waals surface area contributed by atoms with Crippen molar-refractivity contribution in [1.82, 2.24) is 0 Å². The molecule has 0 spiro atoms. The molecule has 0 nitrogen and oxygen atoms in total. The quantitative estimate of drug-likeness (QED) is 0.650. The molecule has 0 fully saturated rings. The van der Waals surface area contributed by atoms with E-state index in [-0.39, 0.29) is 10.8 Å². The lowest BCUT2D eigenvalue weighted by Gasteiger charge is -2.07. The molecule has 0 saturated heterocycles. The standard InChI is InChI=1S/C9H9BrClF/c1-5(2)6-3-7(10)9(11)8(12)4-6/h3-5H,1-2H3. The summed E-state index contributed by atoms with van der Waals surface area (Å²) < 4.78 is 13.7. The van der Waals surface area contributed by atoms with E-state index in [1.54, 1.807) is 0 Å². The van der Waals surface area contributed by atoms with Gasteiger partial charge in [-0.25, -0.2) is 4.39 Å². The molecule has 0 N–H and O–H groups in total. The van der Waals surface area contributed by atoms with Crippen LogP contribution in [0, 0.1) is 5.82 Å². The smallest absolute Gasteiger partial charge is 0.143 e. The monoisotopic (exact) mass is 250 g/mol. The molecular weight excluding hydrogens is 242 g/mol. The molecular formula is C9H9BrClF. The van der Waals surface area contributed by atoms with Crippen molar-refractivity contribution in [3.63, 3.8) is 0 Å². The predicted octanol–water partition coefficient (Wildman–Crippen LogP) is 4.37. The molecule has 0 heterocycles. The highest BCUT2D eigenvalue weighted by molar-refractivity contribution is 9.10. The highest BCUT2D eigenvalue weighted by Gasteiger charge is 2.08. The summed E-state index contributed by atoms with van der Waals surface area (Å²) in [5, 5.41) is 0.152. The van der Waals surface area contributed by atoms with Crippen molar-refractivity contribution in [3.8, 4) is 0 Å². The van der Waals surface area contributed by atoms with E-state index in [0.29, 0.717) is 10.4 Å². The molecule has 1 rings (SSSR count). The first-order chi connectivity index (χ1) is 5.52. The number of benzene rings is 1. The van der Waals surface area contributed by atoms with E-state index < -0.39 is 0 Å². The number of hydrogen-bond donors (Lipinski definition) is 0. The van der Waals surface area contributed by atoms with Crippen LogP contribution >= 0.6 is 27.5 Å². The second-order valence-corrected chi connectivity index (χ2v) is 4.19. The highest BCUT2D eigenvalue weighted by atomic mass is 79.9. The highest BCUT2D eigenvalue weighted by Crippen LogP contribution is 2.29. The molecule has 1 aromatic rings. The minimum atomic E-state index is -0.366. The molecule has 0 radical (unpaired) electrons. The summed E-state index contributed by atoms with van der Waals surface area (Å²) in [5.41, 5.74) is 0.948. The summed E-state index contributed by atoms with van der Waals surface area (Å²) >= 11 is 8.83. The van der Waals surface area contributed by atoms with Crippen molar-refractivity contribution >= 4 is 27.5 Å². The van der Waals surface area contributed by atoms with Crippen LogP contribution in [-0.2, 0) is 0 Å². The van der Waals surface area contributed by atoms with Crippen molar-refractivity contribution in [2.75, 3.05) is 0 Å². The molecule has 0 aliphatic heterocycles. The van der Waals surface area contributed by atoms with Crippen LogP contribution < -0.4 is 0 Å². The number of halogens is 3. The summed E-state index contributed by atoms with van der Waals surface area (Å²) in [7, 11) is 0. The Balaban J connectivity index is 3.21. The van der Waals surface area contributed by atoms with Gasteiger partial charge in [0.2, 0.25) is 0 Å². The fraction of sp³-hybridized carbons (Fsp3) is 0.333. The van der Waals surface area contributed by atoms with Gasteiger partial charge >= 0.3 is 0 Å². The summed E-state index contributed by atoms with van der Waals surface area (Å²) in [5.74, 6) is -0.0530. The van der Waals surface area contributed by atoms with E-state index in [0.717, 1.165) is 5.56 Å². The van der Waals surface area contributed by atoms with Crippen LogP contribution in [0.2, 0.25) is 5.02 Å². The summed E-state index contributed by atoms with van der Waals surface area (Å²) in [6.45, 7) is 4.02. The van der Waals surface area contributed by atoms with Gasteiger partial charge in [-0.05, 0) is 39.5 Å². The number of rotatable bonds is 1. The van der Waals surface area contributed by atoms with Gasteiger partial charge < -0.3 is 0 Å². The maximum Gasteiger partial charge on any atom is 0.143 e. The number of hydrogen-bond acceptors (Lipinski definition) is 0. The second-order valence-electron chi connectivity index (χ2n) is 2.95. The Morgan fingerprint density at radius 3 is 2.42 bits per heavy atom. The topological polar surface area (TPSA) is 0 Å². The Morgan fingerprint density at radius 1 is 1.42 bits per heavy atom. The summed E-state index contributed by atoms with van der Waals surface area (Å²) in [6.07, 6.45) is 0. The van der Waals surface area contributed by atoms with Crippen molar-refractivity contribution < 1.29 is 4.39 Å². The predicted molar refractivity (Wildman–Crippen MR) is 53.2 cm³/mol. The lowest BCUT2D eigenvalue weighted by Crippen LogP contribution is -1.90. The van der Waals surface area contributed by atoms with Gasteiger partial charge in [0.15, 0.2) is 0 Å². The first-order valence-electron chi connectivity index (χ1n) is 3.67. The first kappa shape index (κ1) is 10.0. The Labute approximate surface area is 84.9 Å². The SMILES string of the molecule is CC(C)c1cc(F)c(Cl)c(Br)c1. The molecule has 0 aromatic heterocycles. The lowest BCUT2D eigenvalue weighted by molar-refractivity contribution is 0.623. The molecule has 0 unspecified atom stereocenters. The first-order valence-corrected chi connectivity index (χ1v) is 4.84. The molecule has 3 heteroatoms. The molecule has 0 aliphatic carbocycles. The molecule has 0 saturated carbocycles. The van der Waals surface area contributed by atoms with Crippen molar-refractivity contribution in [3.05, 3.63) is 33.0 Å². The summed E-state index contributed by atoms with van der Waals surface area (Å²) in [4.78, 5) is 0. The van der Waals surface area contributed by atoms with Crippen molar-refractivity contribution in [1.29, 1.82) is 0 Å². The van der Waals surface area contributed by atoms with Gasteiger partial charge in [-0.2, -0.15) is 0 Å². The van der Waals surface area contributed by atoms with Crippen molar-refractivity contribution in [2.24, 2.45) is 0 Å². The van der Waals surface area contributed by atoms with E-state index in [1.807, 2.05) is 19.9 Å². The van der Waals surface area contributed by atoms with Crippen LogP contribution in [0.4, 0.5) is 4.39 Å². The molecule has 66 valence electrons. The normalized spacial score (nSPS) is 10.8. The van der Waals surface area contributed by atoms with E-state index in [4.69, 9.17) is 11.6 Å². The average molecular weight is 252 g/mol. The van der Waals surface area contributed by atoms with Crippen molar-refractivity contribution in [2.45, 2.75) is 19.8 Å². The Kier molecular flexibility index (Phi) is 3.13. The summed E-state index contributed by atoms with van der Waals surface area (Å²) in [6, 6.07) is 3.31. The maximum atomic E-state index is 13.0. The largest absolute Gasteiger partial charge is 0.205 e. The third-order valence-corrected chi connectivity index (χ3v) is 2.91. The molecule has 1 aromatic carbocycles. The fourth-order valence-corrected chi connectivity index (χ4v) is 1.47. The zero-order valence-corrected chi connectivity index (χ0v) is 9.21. The van der Waals surface area contributed by atoms with Gasteiger partial charge in [0, 0.05) is 4.47 Å². The van der Waals surface area contributed by atoms with Gasteiger partial charge in [0.25, 0.3) is 0 Å². The van der Waals surface area contributed by atoms with Crippen LogP contribution in [-0.4, -0.2) is 0 Å². The van der Waals surface area contributed by atoms with E-state index in [2.05, 4.69) is 15.9 Å². The Bertz CT molecular complexity index is 274. The molecule has 0 bridgehead atoms. The third-order valence-electron chi connectivity index (χ3n) is 1.67. The maximum absolute atomic E-state index is 13.0. The van der Waals surface area contributed by atoms with Crippen LogP contribution in [0.5, 0.6) is 0 Å². The zero-order valence-electron chi connectivity index (χ0n) is 6.87.